The Labute approximate surface area is 107 Å². The lowest BCUT2D eigenvalue weighted by molar-refractivity contribution is -0.140. The molecule has 4 N–H and O–H groups in total. The number of carbonyl (C=O) groups excluding carboxylic acids is 1. The molecule has 1 atom stereocenters. The number of urea groups is 1. The first-order chi connectivity index (χ1) is 9.10. The number of carboxylic acids is 1. The molecule has 1 aliphatic heterocycles. The first kappa shape index (κ1) is 13.0. The van der Waals surface area contributed by atoms with Crippen LogP contribution in [0.25, 0.3) is 0 Å². The van der Waals surface area contributed by atoms with E-state index in [1.165, 1.54) is 0 Å². The van der Waals surface area contributed by atoms with E-state index in [2.05, 4.69) is 10.6 Å². The number of anilines is 1. The number of benzene rings is 1. The van der Waals surface area contributed by atoms with Crippen LogP contribution in [0.4, 0.5) is 10.5 Å². The summed E-state index contributed by atoms with van der Waals surface area (Å²) in [5.41, 5.74) is 0.420. The predicted octanol–water partition coefficient (Wildman–Crippen LogP) is -0.0177. The van der Waals surface area contributed by atoms with E-state index in [1.54, 1.807) is 18.2 Å². The van der Waals surface area contributed by atoms with Gasteiger partial charge in [-0.2, -0.15) is 0 Å². The Hall–Kier alpha value is -2.48. The fourth-order valence-electron chi connectivity index (χ4n) is 1.49. The lowest BCUT2D eigenvalue weighted by atomic mass is 10.3. The van der Waals surface area contributed by atoms with E-state index in [0.29, 0.717) is 17.2 Å². The van der Waals surface area contributed by atoms with E-state index in [-0.39, 0.29) is 6.79 Å². The van der Waals surface area contributed by atoms with Crippen LogP contribution in [0.2, 0.25) is 0 Å². The molecule has 1 unspecified atom stereocenters. The van der Waals surface area contributed by atoms with Gasteiger partial charge >= 0.3 is 12.0 Å². The number of carboxylic acid groups (broad SMARTS) is 1. The summed E-state index contributed by atoms with van der Waals surface area (Å²) in [6.45, 7) is -0.569. The average molecular weight is 268 g/mol. The Bertz CT molecular complexity index is 504. The van der Waals surface area contributed by atoms with E-state index in [4.69, 9.17) is 19.7 Å². The fourth-order valence-corrected chi connectivity index (χ4v) is 1.49. The van der Waals surface area contributed by atoms with Crippen LogP contribution < -0.4 is 20.1 Å². The van der Waals surface area contributed by atoms with Crippen molar-refractivity contribution in [3.8, 4) is 11.5 Å². The van der Waals surface area contributed by atoms with E-state index in [0.717, 1.165) is 0 Å². The number of hydrogen-bond donors (Lipinski definition) is 4. The van der Waals surface area contributed by atoms with E-state index in [1.807, 2.05) is 0 Å². The zero-order chi connectivity index (χ0) is 13.8. The second-order valence-electron chi connectivity index (χ2n) is 3.74. The van der Waals surface area contributed by atoms with Crippen LogP contribution in [0.3, 0.4) is 0 Å². The predicted molar refractivity (Wildman–Crippen MR) is 63.2 cm³/mol. The lowest BCUT2D eigenvalue weighted by Crippen LogP contribution is -2.45. The fraction of sp³-hybridized carbons (Fsp3) is 0.273. The van der Waals surface area contributed by atoms with Gasteiger partial charge < -0.3 is 30.3 Å². The highest BCUT2D eigenvalue weighted by Gasteiger charge is 2.19. The minimum atomic E-state index is -1.35. The maximum Gasteiger partial charge on any atom is 0.328 e. The normalized spacial score (nSPS) is 13.7. The summed E-state index contributed by atoms with van der Waals surface area (Å²) in [4.78, 5) is 22.2. The topological polar surface area (TPSA) is 117 Å². The molecule has 1 aliphatic rings. The molecule has 0 aromatic heterocycles. The van der Waals surface area contributed by atoms with Gasteiger partial charge in [-0.15, -0.1) is 0 Å². The highest BCUT2D eigenvalue weighted by molar-refractivity contribution is 5.92. The van der Waals surface area contributed by atoms with E-state index in [9.17, 15) is 9.59 Å². The van der Waals surface area contributed by atoms with E-state index < -0.39 is 24.6 Å². The molecule has 1 aromatic carbocycles. The van der Waals surface area contributed by atoms with Gasteiger partial charge in [0.15, 0.2) is 17.5 Å². The number of ether oxygens (including phenoxy) is 2. The standard InChI is InChI=1S/C11H12N2O6/c14-4-7(10(15)16)13-11(17)12-6-1-2-8-9(3-6)19-5-18-8/h1-3,7,14H,4-5H2,(H,15,16)(H2,12,13,17). The maximum atomic E-state index is 11.5. The quantitative estimate of drug-likeness (QED) is 0.609. The number of aliphatic carboxylic acids is 1. The van der Waals surface area contributed by atoms with Crippen molar-refractivity contribution < 1.29 is 29.3 Å². The third-order valence-corrected chi connectivity index (χ3v) is 2.42. The van der Waals surface area contributed by atoms with Crippen molar-refractivity contribution in [3.63, 3.8) is 0 Å². The van der Waals surface area contributed by atoms with Gasteiger partial charge in [0.1, 0.15) is 0 Å². The van der Waals surface area contributed by atoms with Gasteiger partial charge in [0.2, 0.25) is 6.79 Å². The molecule has 0 fully saturated rings. The largest absolute Gasteiger partial charge is 0.480 e. The summed E-state index contributed by atoms with van der Waals surface area (Å²) in [5, 5.41) is 22.0. The van der Waals surface area contributed by atoms with Gasteiger partial charge in [-0.1, -0.05) is 0 Å². The molecule has 0 saturated heterocycles. The Morgan fingerprint density at radius 3 is 2.74 bits per heavy atom. The Morgan fingerprint density at radius 2 is 2.05 bits per heavy atom. The molecule has 0 radical (unpaired) electrons. The highest BCUT2D eigenvalue weighted by atomic mass is 16.7. The SMILES string of the molecule is O=C(Nc1ccc2c(c1)OCO2)NC(CO)C(=O)O. The molecule has 2 rings (SSSR count). The van der Waals surface area contributed by atoms with Crippen LogP contribution in [0.1, 0.15) is 0 Å². The minimum Gasteiger partial charge on any atom is -0.480 e. The molecule has 8 heteroatoms. The van der Waals surface area contributed by atoms with E-state index >= 15 is 0 Å². The van der Waals surface area contributed by atoms with Crippen molar-refractivity contribution in [1.82, 2.24) is 5.32 Å². The minimum absolute atomic E-state index is 0.122. The monoisotopic (exact) mass is 268 g/mol. The molecule has 19 heavy (non-hydrogen) atoms. The Kier molecular flexibility index (Phi) is 3.71. The van der Waals surface area contributed by atoms with Gasteiger partial charge in [0, 0.05) is 11.8 Å². The first-order valence-corrected chi connectivity index (χ1v) is 5.41. The molecule has 8 nitrogen and oxygen atoms in total. The third-order valence-electron chi connectivity index (χ3n) is 2.42. The number of fused-ring (bicyclic) bond motifs is 1. The van der Waals surface area contributed by atoms with Gasteiger partial charge in [0.05, 0.1) is 6.61 Å². The molecule has 0 spiro atoms. The maximum absolute atomic E-state index is 11.5. The number of aliphatic hydroxyl groups excluding tert-OH is 1. The number of rotatable bonds is 4. The van der Waals surface area contributed by atoms with Crippen LogP contribution >= 0.6 is 0 Å². The molecular formula is C11H12N2O6. The number of aliphatic hydroxyl groups is 1. The molecule has 0 aliphatic carbocycles. The van der Waals surface area contributed by atoms with Crippen molar-refractivity contribution in [3.05, 3.63) is 18.2 Å². The highest BCUT2D eigenvalue weighted by Crippen LogP contribution is 2.34. The molecule has 2 amide bonds. The van der Waals surface area contributed by atoms with Crippen molar-refractivity contribution in [2.24, 2.45) is 0 Å². The molecule has 102 valence electrons. The van der Waals surface area contributed by atoms with Gasteiger partial charge in [-0.05, 0) is 12.1 Å². The van der Waals surface area contributed by atoms with Gasteiger partial charge in [-0.25, -0.2) is 9.59 Å². The van der Waals surface area contributed by atoms with Crippen LogP contribution in [-0.2, 0) is 4.79 Å². The second kappa shape index (κ2) is 5.44. The molecule has 1 heterocycles. The van der Waals surface area contributed by atoms with Gasteiger partial charge in [-0.3, -0.25) is 0 Å². The zero-order valence-electron chi connectivity index (χ0n) is 9.75. The first-order valence-electron chi connectivity index (χ1n) is 5.41. The summed E-state index contributed by atoms with van der Waals surface area (Å²) in [6.07, 6.45) is 0. The Morgan fingerprint density at radius 1 is 1.32 bits per heavy atom. The lowest BCUT2D eigenvalue weighted by Gasteiger charge is -2.12. The van der Waals surface area contributed by atoms with Crippen LogP contribution in [0.15, 0.2) is 18.2 Å². The summed E-state index contributed by atoms with van der Waals surface area (Å²) < 4.78 is 10.2. The third kappa shape index (κ3) is 3.05. The zero-order valence-corrected chi connectivity index (χ0v) is 9.75. The Balaban J connectivity index is 1.97. The van der Waals surface area contributed by atoms with Crippen molar-refractivity contribution in [2.75, 3.05) is 18.7 Å². The number of carbonyl (C=O) groups is 2. The number of hydrogen-bond acceptors (Lipinski definition) is 5. The molecular weight excluding hydrogens is 256 g/mol. The van der Waals surface area contributed by atoms with Gasteiger partial charge in [0.25, 0.3) is 0 Å². The number of nitrogens with one attached hydrogen (secondary N) is 2. The van der Waals surface area contributed by atoms with Crippen molar-refractivity contribution in [1.29, 1.82) is 0 Å². The summed E-state index contributed by atoms with van der Waals surface area (Å²) in [7, 11) is 0. The summed E-state index contributed by atoms with van der Waals surface area (Å²) >= 11 is 0. The molecule has 0 bridgehead atoms. The van der Waals surface area contributed by atoms with Crippen LogP contribution in [0.5, 0.6) is 11.5 Å². The second-order valence-corrected chi connectivity index (χ2v) is 3.74. The van der Waals surface area contributed by atoms with Crippen molar-refractivity contribution >= 4 is 17.7 Å². The molecule has 1 aromatic rings. The average Bonchev–Trinajstić information content (AvgIpc) is 2.82. The summed E-state index contributed by atoms with van der Waals surface area (Å²) in [6, 6.07) is 2.67. The van der Waals surface area contributed by atoms with Crippen LogP contribution in [0, 0.1) is 0 Å². The number of amides is 2. The smallest absolute Gasteiger partial charge is 0.328 e. The van der Waals surface area contributed by atoms with Crippen molar-refractivity contribution in [2.45, 2.75) is 6.04 Å². The summed E-state index contributed by atoms with van der Waals surface area (Å²) in [5.74, 6) is -0.247. The van der Waals surface area contributed by atoms with Crippen LogP contribution in [-0.4, -0.2) is 41.7 Å². The molecule has 0 saturated carbocycles.